The van der Waals surface area contributed by atoms with Gasteiger partial charge in [0.25, 0.3) is 0 Å². The van der Waals surface area contributed by atoms with Gasteiger partial charge in [0.1, 0.15) is 0 Å². The van der Waals surface area contributed by atoms with E-state index in [0.29, 0.717) is 6.42 Å². The molecule has 4 nitrogen and oxygen atoms in total. The first-order valence-electron chi connectivity index (χ1n) is 7.41. The SMILES string of the molecule is CC[C@H](O)c1ccc(N2CCN3CCCC3C2)cn1. The Morgan fingerprint density at radius 3 is 3.00 bits per heavy atom. The molecule has 2 aliphatic heterocycles. The van der Waals surface area contributed by atoms with Crippen molar-refractivity contribution in [1.82, 2.24) is 9.88 Å². The van der Waals surface area contributed by atoms with E-state index in [1.165, 1.54) is 31.6 Å². The highest BCUT2D eigenvalue weighted by atomic mass is 16.3. The van der Waals surface area contributed by atoms with Crippen LogP contribution in [0.4, 0.5) is 5.69 Å². The second kappa shape index (κ2) is 5.47. The Hall–Kier alpha value is -1.13. The number of hydrogen-bond donors (Lipinski definition) is 1. The predicted octanol–water partition coefficient (Wildman–Crippen LogP) is 1.81. The summed E-state index contributed by atoms with van der Waals surface area (Å²) in [5, 5.41) is 9.77. The Balaban J connectivity index is 1.69. The van der Waals surface area contributed by atoms with Gasteiger partial charge in [0.2, 0.25) is 0 Å². The molecule has 0 amide bonds. The van der Waals surface area contributed by atoms with E-state index in [1.807, 2.05) is 19.2 Å². The van der Waals surface area contributed by atoms with Gasteiger partial charge in [-0.2, -0.15) is 0 Å². The fraction of sp³-hybridized carbons (Fsp3) is 0.667. The molecule has 2 saturated heterocycles. The van der Waals surface area contributed by atoms with Crippen LogP contribution in [0.1, 0.15) is 38.0 Å². The van der Waals surface area contributed by atoms with Gasteiger partial charge in [0.15, 0.2) is 0 Å². The summed E-state index contributed by atoms with van der Waals surface area (Å²) in [4.78, 5) is 9.45. The summed E-state index contributed by atoms with van der Waals surface area (Å²) in [6, 6.07) is 4.80. The van der Waals surface area contributed by atoms with Crippen LogP contribution in [0, 0.1) is 0 Å². The maximum Gasteiger partial charge on any atom is 0.0957 e. The summed E-state index contributed by atoms with van der Waals surface area (Å²) in [7, 11) is 0. The van der Waals surface area contributed by atoms with Gasteiger partial charge in [0.05, 0.1) is 23.7 Å². The minimum atomic E-state index is -0.430. The van der Waals surface area contributed by atoms with Crippen LogP contribution in [0.15, 0.2) is 18.3 Å². The average Bonchev–Trinajstić information content (AvgIpc) is 2.94. The third kappa shape index (κ3) is 2.60. The van der Waals surface area contributed by atoms with Crippen LogP contribution < -0.4 is 4.90 Å². The van der Waals surface area contributed by atoms with Crippen LogP contribution in [-0.4, -0.2) is 47.2 Å². The minimum absolute atomic E-state index is 0.430. The van der Waals surface area contributed by atoms with Crippen molar-refractivity contribution in [3.63, 3.8) is 0 Å². The number of pyridine rings is 1. The lowest BCUT2D eigenvalue weighted by atomic mass is 10.1. The number of nitrogens with zero attached hydrogens (tertiary/aromatic N) is 3. The third-order valence-corrected chi connectivity index (χ3v) is 4.45. The highest BCUT2D eigenvalue weighted by Gasteiger charge is 2.30. The van der Waals surface area contributed by atoms with Crippen LogP contribution in [0.3, 0.4) is 0 Å². The fourth-order valence-corrected chi connectivity index (χ4v) is 3.22. The zero-order chi connectivity index (χ0) is 13.2. The van der Waals surface area contributed by atoms with Crippen molar-refractivity contribution in [3.05, 3.63) is 24.0 Å². The molecule has 19 heavy (non-hydrogen) atoms. The zero-order valence-electron chi connectivity index (χ0n) is 11.6. The fourth-order valence-electron chi connectivity index (χ4n) is 3.22. The lowest BCUT2D eigenvalue weighted by Gasteiger charge is -2.38. The molecule has 1 aromatic heterocycles. The van der Waals surface area contributed by atoms with Gasteiger partial charge in [-0.3, -0.25) is 9.88 Å². The van der Waals surface area contributed by atoms with E-state index < -0.39 is 6.10 Å². The second-order valence-corrected chi connectivity index (χ2v) is 5.64. The Bertz CT molecular complexity index is 420. The lowest BCUT2D eigenvalue weighted by Crippen LogP contribution is -2.50. The standard InChI is InChI=1S/C15H23N3O/c1-2-15(19)14-6-5-12(10-16-14)18-9-8-17-7-3-4-13(17)11-18/h5-6,10,13,15,19H,2-4,7-9,11H2,1H3/t13?,15-/m0/s1. The molecule has 4 heteroatoms. The van der Waals surface area contributed by atoms with Crippen molar-refractivity contribution in [2.45, 2.75) is 38.3 Å². The molecule has 1 aromatic rings. The number of piperazine rings is 1. The second-order valence-electron chi connectivity index (χ2n) is 5.64. The number of rotatable bonds is 3. The summed E-state index contributed by atoms with van der Waals surface area (Å²) in [6.07, 6.45) is 4.88. The summed E-state index contributed by atoms with van der Waals surface area (Å²) < 4.78 is 0. The predicted molar refractivity (Wildman–Crippen MR) is 76.3 cm³/mol. The third-order valence-electron chi connectivity index (χ3n) is 4.45. The van der Waals surface area contributed by atoms with Gasteiger partial charge in [-0.15, -0.1) is 0 Å². The van der Waals surface area contributed by atoms with Gasteiger partial charge in [-0.05, 0) is 37.9 Å². The van der Waals surface area contributed by atoms with Crippen LogP contribution in [0.2, 0.25) is 0 Å². The maximum atomic E-state index is 9.77. The molecule has 1 unspecified atom stereocenters. The van der Waals surface area contributed by atoms with Gasteiger partial charge in [0, 0.05) is 25.7 Å². The monoisotopic (exact) mass is 261 g/mol. The van der Waals surface area contributed by atoms with E-state index in [4.69, 9.17) is 0 Å². The summed E-state index contributed by atoms with van der Waals surface area (Å²) in [5.41, 5.74) is 1.98. The quantitative estimate of drug-likeness (QED) is 0.901. The van der Waals surface area contributed by atoms with Crippen molar-refractivity contribution < 1.29 is 5.11 Å². The molecule has 0 aromatic carbocycles. The summed E-state index contributed by atoms with van der Waals surface area (Å²) in [6.45, 7) is 6.63. The molecule has 0 saturated carbocycles. The Morgan fingerprint density at radius 2 is 2.26 bits per heavy atom. The van der Waals surface area contributed by atoms with Crippen molar-refractivity contribution in [3.8, 4) is 0 Å². The van der Waals surface area contributed by atoms with E-state index in [-0.39, 0.29) is 0 Å². The molecule has 0 aliphatic carbocycles. The van der Waals surface area contributed by atoms with E-state index in [2.05, 4.69) is 20.9 Å². The van der Waals surface area contributed by atoms with Crippen molar-refractivity contribution in [2.75, 3.05) is 31.1 Å². The molecule has 104 valence electrons. The molecule has 1 N–H and O–H groups in total. The number of aliphatic hydroxyl groups excluding tert-OH is 1. The zero-order valence-corrected chi connectivity index (χ0v) is 11.6. The molecule has 2 aliphatic rings. The number of fused-ring (bicyclic) bond motifs is 1. The molecule has 2 atom stereocenters. The number of aromatic nitrogens is 1. The minimum Gasteiger partial charge on any atom is -0.387 e. The largest absolute Gasteiger partial charge is 0.387 e. The average molecular weight is 261 g/mol. The Morgan fingerprint density at radius 1 is 1.37 bits per heavy atom. The number of hydrogen-bond acceptors (Lipinski definition) is 4. The van der Waals surface area contributed by atoms with Gasteiger partial charge in [-0.1, -0.05) is 6.92 Å². The van der Waals surface area contributed by atoms with Crippen LogP contribution in [0.25, 0.3) is 0 Å². The topological polar surface area (TPSA) is 39.6 Å². The highest BCUT2D eigenvalue weighted by Crippen LogP contribution is 2.25. The van der Waals surface area contributed by atoms with Gasteiger partial charge in [-0.25, -0.2) is 0 Å². The van der Waals surface area contributed by atoms with Crippen molar-refractivity contribution >= 4 is 5.69 Å². The lowest BCUT2D eigenvalue weighted by molar-refractivity contribution is 0.169. The van der Waals surface area contributed by atoms with Crippen LogP contribution in [-0.2, 0) is 0 Å². The molecule has 3 heterocycles. The first-order chi connectivity index (χ1) is 9.28. The van der Waals surface area contributed by atoms with E-state index in [0.717, 1.165) is 24.8 Å². The molecular weight excluding hydrogens is 238 g/mol. The number of anilines is 1. The van der Waals surface area contributed by atoms with E-state index >= 15 is 0 Å². The Labute approximate surface area is 115 Å². The highest BCUT2D eigenvalue weighted by molar-refractivity contribution is 5.45. The van der Waals surface area contributed by atoms with E-state index in [1.54, 1.807) is 0 Å². The summed E-state index contributed by atoms with van der Waals surface area (Å²) in [5.74, 6) is 0. The maximum absolute atomic E-state index is 9.77. The molecule has 0 spiro atoms. The molecule has 3 rings (SSSR count). The molecular formula is C15H23N3O. The van der Waals surface area contributed by atoms with Gasteiger partial charge >= 0.3 is 0 Å². The van der Waals surface area contributed by atoms with Crippen LogP contribution in [0.5, 0.6) is 0 Å². The number of aliphatic hydroxyl groups is 1. The molecule has 0 bridgehead atoms. The Kier molecular flexibility index (Phi) is 3.71. The summed E-state index contributed by atoms with van der Waals surface area (Å²) >= 11 is 0. The van der Waals surface area contributed by atoms with Crippen LogP contribution >= 0.6 is 0 Å². The normalized spacial score (nSPS) is 25.4. The first-order valence-corrected chi connectivity index (χ1v) is 7.41. The van der Waals surface area contributed by atoms with Crippen molar-refractivity contribution in [1.29, 1.82) is 0 Å². The smallest absolute Gasteiger partial charge is 0.0957 e. The van der Waals surface area contributed by atoms with Gasteiger partial charge < -0.3 is 10.0 Å². The molecule has 0 radical (unpaired) electrons. The first kappa shape index (κ1) is 12.9. The molecule has 2 fully saturated rings. The van der Waals surface area contributed by atoms with Crippen molar-refractivity contribution in [2.24, 2.45) is 0 Å². The van der Waals surface area contributed by atoms with E-state index in [9.17, 15) is 5.11 Å².